The molecule has 1 aromatic heterocycles. The highest BCUT2D eigenvalue weighted by Crippen LogP contribution is 2.18. The quantitative estimate of drug-likeness (QED) is 0.573. The summed E-state index contributed by atoms with van der Waals surface area (Å²) in [5.74, 6) is 4.04. The van der Waals surface area contributed by atoms with E-state index in [1.165, 1.54) is 6.07 Å². The molecule has 20 heavy (non-hydrogen) atoms. The van der Waals surface area contributed by atoms with Gasteiger partial charge in [0.2, 0.25) is 17.8 Å². The number of benzene rings is 1. The molecule has 0 saturated carbocycles. The Morgan fingerprint density at radius 3 is 2.35 bits per heavy atom. The van der Waals surface area contributed by atoms with Crippen LogP contribution in [0, 0.1) is 11.6 Å². The van der Waals surface area contributed by atoms with Crippen molar-refractivity contribution in [1.82, 2.24) is 15.0 Å². The molecule has 0 bridgehead atoms. The van der Waals surface area contributed by atoms with E-state index in [4.69, 9.17) is 5.84 Å². The van der Waals surface area contributed by atoms with Gasteiger partial charge in [0.05, 0.1) is 0 Å². The van der Waals surface area contributed by atoms with E-state index in [1.54, 1.807) is 19.0 Å². The maximum Gasteiger partial charge on any atom is 0.243 e. The van der Waals surface area contributed by atoms with Gasteiger partial charge in [0.1, 0.15) is 0 Å². The van der Waals surface area contributed by atoms with E-state index in [0.29, 0.717) is 11.6 Å². The first-order chi connectivity index (χ1) is 9.49. The third kappa shape index (κ3) is 3.06. The van der Waals surface area contributed by atoms with Crippen molar-refractivity contribution in [2.75, 3.05) is 29.7 Å². The van der Waals surface area contributed by atoms with Crippen molar-refractivity contribution in [2.24, 2.45) is 5.84 Å². The van der Waals surface area contributed by atoms with Crippen LogP contribution in [-0.4, -0.2) is 29.0 Å². The predicted molar refractivity (Wildman–Crippen MR) is 71.6 cm³/mol. The van der Waals surface area contributed by atoms with Crippen molar-refractivity contribution >= 4 is 23.5 Å². The van der Waals surface area contributed by atoms with Gasteiger partial charge in [-0.2, -0.15) is 15.0 Å². The number of nitrogens with one attached hydrogen (secondary N) is 2. The molecule has 0 unspecified atom stereocenters. The first-order valence-electron chi connectivity index (χ1n) is 5.61. The van der Waals surface area contributed by atoms with Crippen molar-refractivity contribution in [3.8, 4) is 0 Å². The zero-order valence-electron chi connectivity index (χ0n) is 10.9. The van der Waals surface area contributed by atoms with Crippen molar-refractivity contribution in [1.29, 1.82) is 0 Å². The maximum absolute atomic E-state index is 13.1. The Kier molecular flexibility index (Phi) is 3.89. The van der Waals surface area contributed by atoms with Crippen LogP contribution in [0.1, 0.15) is 0 Å². The normalized spacial score (nSPS) is 10.2. The molecule has 2 rings (SSSR count). The average molecular weight is 281 g/mol. The second kappa shape index (κ2) is 5.61. The van der Waals surface area contributed by atoms with Gasteiger partial charge in [-0.3, -0.25) is 5.43 Å². The number of rotatable bonds is 4. The number of nitrogen functional groups attached to an aromatic ring is 1. The zero-order chi connectivity index (χ0) is 14.7. The van der Waals surface area contributed by atoms with Gasteiger partial charge in [-0.25, -0.2) is 14.6 Å². The maximum atomic E-state index is 13.1. The molecule has 0 atom stereocenters. The highest BCUT2D eigenvalue weighted by molar-refractivity contribution is 5.55. The number of hydrazine groups is 1. The van der Waals surface area contributed by atoms with Crippen LogP contribution in [-0.2, 0) is 0 Å². The van der Waals surface area contributed by atoms with Gasteiger partial charge < -0.3 is 10.2 Å². The lowest BCUT2D eigenvalue weighted by Crippen LogP contribution is -2.18. The van der Waals surface area contributed by atoms with Crippen LogP contribution in [0.5, 0.6) is 0 Å². The molecule has 9 heteroatoms. The van der Waals surface area contributed by atoms with Crippen LogP contribution in [0.15, 0.2) is 18.2 Å². The number of hydrogen-bond acceptors (Lipinski definition) is 7. The lowest BCUT2D eigenvalue weighted by atomic mass is 10.3. The van der Waals surface area contributed by atoms with Crippen LogP contribution in [0.25, 0.3) is 0 Å². The fourth-order valence-corrected chi connectivity index (χ4v) is 1.39. The molecule has 1 heterocycles. The SMILES string of the molecule is CN(C)c1nc(NN)nc(Nc2ccc(F)c(F)c2)n1. The lowest BCUT2D eigenvalue weighted by molar-refractivity contribution is 0.509. The van der Waals surface area contributed by atoms with Crippen LogP contribution in [0.3, 0.4) is 0 Å². The summed E-state index contributed by atoms with van der Waals surface area (Å²) in [6.07, 6.45) is 0. The Morgan fingerprint density at radius 2 is 1.75 bits per heavy atom. The molecule has 0 fully saturated rings. The molecule has 0 radical (unpaired) electrons. The molecule has 7 nitrogen and oxygen atoms in total. The predicted octanol–water partition coefficient (Wildman–Crippen LogP) is 1.24. The van der Waals surface area contributed by atoms with Crippen LogP contribution < -0.4 is 21.5 Å². The molecule has 1 aromatic carbocycles. The fraction of sp³-hybridized carbons (Fsp3) is 0.182. The number of hydrogen-bond donors (Lipinski definition) is 3. The molecule has 0 amide bonds. The number of halogens is 2. The second-order valence-corrected chi connectivity index (χ2v) is 4.08. The highest BCUT2D eigenvalue weighted by atomic mass is 19.2. The number of nitrogens with zero attached hydrogens (tertiary/aromatic N) is 4. The molecule has 2 aromatic rings. The minimum absolute atomic E-state index is 0.147. The van der Waals surface area contributed by atoms with Crippen LogP contribution >= 0.6 is 0 Å². The minimum atomic E-state index is -0.964. The van der Waals surface area contributed by atoms with Gasteiger partial charge in [-0.15, -0.1) is 0 Å². The largest absolute Gasteiger partial charge is 0.347 e. The summed E-state index contributed by atoms with van der Waals surface area (Å²) >= 11 is 0. The summed E-state index contributed by atoms with van der Waals surface area (Å²) in [4.78, 5) is 13.7. The molecule has 0 aliphatic carbocycles. The van der Waals surface area contributed by atoms with Gasteiger partial charge >= 0.3 is 0 Å². The number of aromatic nitrogens is 3. The van der Waals surface area contributed by atoms with Gasteiger partial charge in [-0.1, -0.05) is 0 Å². The monoisotopic (exact) mass is 281 g/mol. The summed E-state index contributed by atoms with van der Waals surface area (Å²) in [6.45, 7) is 0. The highest BCUT2D eigenvalue weighted by Gasteiger charge is 2.09. The fourth-order valence-electron chi connectivity index (χ4n) is 1.39. The van der Waals surface area contributed by atoms with E-state index in [2.05, 4.69) is 25.7 Å². The molecule has 0 spiro atoms. The Balaban J connectivity index is 2.32. The lowest BCUT2D eigenvalue weighted by Gasteiger charge is -2.13. The van der Waals surface area contributed by atoms with E-state index < -0.39 is 11.6 Å². The molecule has 106 valence electrons. The van der Waals surface area contributed by atoms with E-state index in [0.717, 1.165) is 12.1 Å². The molecule has 4 N–H and O–H groups in total. The van der Waals surface area contributed by atoms with Gasteiger partial charge in [-0.05, 0) is 12.1 Å². The van der Waals surface area contributed by atoms with E-state index in [-0.39, 0.29) is 11.9 Å². The molecule has 0 saturated heterocycles. The Hall–Kier alpha value is -2.55. The Morgan fingerprint density at radius 1 is 1.05 bits per heavy atom. The van der Waals surface area contributed by atoms with E-state index >= 15 is 0 Å². The summed E-state index contributed by atoms with van der Waals surface area (Å²) in [5, 5.41) is 2.75. The first-order valence-corrected chi connectivity index (χ1v) is 5.61. The minimum Gasteiger partial charge on any atom is -0.347 e. The van der Waals surface area contributed by atoms with Crippen molar-refractivity contribution < 1.29 is 8.78 Å². The van der Waals surface area contributed by atoms with E-state index in [1.807, 2.05) is 0 Å². The first kappa shape index (κ1) is 13.9. The van der Waals surface area contributed by atoms with Crippen LogP contribution in [0.4, 0.5) is 32.3 Å². The van der Waals surface area contributed by atoms with Gasteiger partial charge in [0.15, 0.2) is 11.6 Å². The van der Waals surface area contributed by atoms with Gasteiger partial charge in [0.25, 0.3) is 0 Å². The number of anilines is 4. The second-order valence-electron chi connectivity index (χ2n) is 4.08. The third-order valence-electron chi connectivity index (χ3n) is 2.33. The summed E-state index contributed by atoms with van der Waals surface area (Å²) in [5.41, 5.74) is 2.61. The smallest absolute Gasteiger partial charge is 0.243 e. The molecule has 0 aliphatic rings. The van der Waals surface area contributed by atoms with Gasteiger partial charge in [0, 0.05) is 25.8 Å². The Bertz CT molecular complexity index is 618. The van der Waals surface area contributed by atoms with Crippen molar-refractivity contribution in [3.63, 3.8) is 0 Å². The Labute approximate surface area is 113 Å². The zero-order valence-corrected chi connectivity index (χ0v) is 10.9. The van der Waals surface area contributed by atoms with Crippen LogP contribution in [0.2, 0.25) is 0 Å². The average Bonchev–Trinajstić information content (AvgIpc) is 2.42. The molecule has 0 aliphatic heterocycles. The third-order valence-corrected chi connectivity index (χ3v) is 2.33. The van der Waals surface area contributed by atoms with E-state index in [9.17, 15) is 8.78 Å². The topological polar surface area (TPSA) is 92.0 Å². The molecular formula is C11H13F2N7. The van der Waals surface area contributed by atoms with Crippen molar-refractivity contribution in [3.05, 3.63) is 29.8 Å². The summed E-state index contributed by atoms with van der Waals surface area (Å²) in [7, 11) is 3.49. The summed E-state index contributed by atoms with van der Waals surface area (Å²) < 4.78 is 26.0. The standard InChI is InChI=1S/C11H13F2N7/c1-20(2)11-17-9(16-10(18-11)19-14)15-6-3-4-7(12)8(13)5-6/h3-5H,14H2,1-2H3,(H2,15,16,17,18,19). The van der Waals surface area contributed by atoms with Crippen molar-refractivity contribution in [2.45, 2.75) is 0 Å². The summed E-state index contributed by atoms with van der Waals surface area (Å²) in [6, 6.07) is 3.38. The molecular weight excluding hydrogens is 268 g/mol. The number of nitrogens with two attached hydrogens (primary N) is 1.